The molecule has 0 bridgehead atoms. The molecular formula is C54H42N2. The lowest BCUT2D eigenvalue weighted by Crippen LogP contribution is -2.18. The minimum Gasteiger partial charge on any atom is -0.309 e. The molecule has 0 spiro atoms. The predicted octanol–water partition coefficient (Wildman–Crippen LogP) is 14.5. The van der Waals surface area contributed by atoms with Gasteiger partial charge in [0.2, 0.25) is 0 Å². The van der Waals surface area contributed by atoms with Crippen LogP contribution in [-0.4, -0.2) is 4.57 Å². The summed E-state index contributed by atoms with van der Waals surface area (Å²) in [5.41, 5.74) is 19.9. The molecule has 9 aromatic rings. The van der Waals surface area contributed by atoms with Crippen LogP contribution in [0.1, 0.15) is 49.9 Å². The van der Waals surface area contributed by atoms with Gasteiger partial charge < -0.3 is 9.47 Å². The zero-order valence-electron chi connectivity index (χ0n) is 32.2. The summed E-state index contributed by atoms with van der Waals surface area (Å²) < 4.78 is 2.45. The Morgan fingerprint density at radius 3 is 1.77 bits per heavy atom. The van der Waals surface area contributed by atoms with Gasteiger partial charge in [0.05, 0.1) is 22.4 Å². The number of hydrogen-bond donors (Lipinski definition) is 0. The van der Waals surface area contributed by atoms with Crippen molar-refractivity contribution in [3.05, 3.63) is 204 Å². The largest absolute Gasteiger partial charge is 0.309 e. The second-order valence-electron chi connectivity index (χ2n) is 16.5. The number of nitrogens with zero attached hydrogens (tertiary/aromatic N) is 2. The summed E-state index contributed by atoms with van der Waals surface area (Å²) in [4.78, 5) is 2.56. The smallest absolute Gasteiger partial charge is 0.0620 e. The lowest BCUT2D eigenvalue weighted by Gasteiger charge is -2.32. The molecule has 0 N–H and O–H groups in total. The van der Waals surface area contributed by atoms with Crippen molar-refractivity contribution in [2.45, 2.75) is 38.5 Å². The van der Waals surface area contributed by atoms with E-state index < -0.39 is 0 Å². The number of para-hydroxylation sites is 4. The van der Waals surface area contributed by atoms with E-state index in [4.69, 9.17) is 0 Å². The molecule has 0 fully saturated rings. The lowest BCUT2D eigenvalue weighted by atomic mass is 9.82. The highest BCUT2D eigenvalue weighted by Crippen LogP contribution is 2.56. The molecule has 0 unspecified atom stereocenters. The minimum absolute atomic E-state index is 0.128. The van der Waals surface area contributed by atoms with Crippen molar-refractivity contribution in [1.82, 2.24) is 4.57 Å². The van der Waals surface area contributed by atoms with E-state index >= 15 is 0 Å². The average molecular weight is 719 g/mol. The second kappa shape index (κ2) is 11.9. The first-order chi connectivity index (χ1) is 27.3. The molecule has 0 amide bonds. The standard InChI is InChI=1S/C54H42N2/c1-53(2)45-27-13-9-23-43(45)51-46(53)28-17-31-50(51)55(36-32-33-38-37-20-8-12-26-44(37)54(3,4)47(38)34-36)48-29-14-10-21-39(48)41-24-16-25-42-40-22-11-15-30-49(40)56(52(41)42)35-18-6-5-7-19-35/h5-34H,1-4H3. The summed E-state index contributed by atoms with van der Waals surface area (Å²) in [6.07, 6.45) is 0. The number of rotatable bonds is 5. The molecule has 11 rings (SSSR count). The maximum Gasteiger partial charge on any atom is 0.0620 e. The summed E-state index contributed by atoms with van der Waals surface area (Å²) in [5.74, 6) is 0. The molecule has 2 nitrogen and oxygen atoms in total. The third-order valence-electron chi connectivity index (χ3n) is 12.8. The van der Waals surface area contributed by atoms with Crippen LogP contribution in [0.5, 0.6) is 0 Å². The van der Waals surface area contributed by atoms with Crippen LogP contribution in [0, 0.1) is 0 Å². The number of benzene rings is 8. The minimum atomic E-state index is -0.136. The van der Waals surface area contributed by atoms with Crippen LogP contribution in [0.4, 0.5) is 17.1 Å². The van der Waals surface area contributed by atoms with Crippen molar-refractivity contribution in [3.63, 3.8) is 0 Å². The Balaban J connectivity index is 1.23. The Bertz CT molecular complexity index is 3030. The summed E-state index contributed by atoms with van der Waals surface area (Å²) in [7, 11) is 0. The van der Waals surface area contributed by atoms with Crippen molar-refractivity contribution in [3.8, 4) is 39.1 Å². The zero-order valence-corrected chi connectivity index (χ0v) is 32.2. The van der Waals surface area contributed by atoms with E-state index in [1.807, 2.05) is 0 Å². The monoisotopic (exact) mass is 718 g/mol. The number of anilines is 3. The van der Waals surface area contributed by atoms with E-state index in [0.29, 0.717) is 0 Å². The van der Waals surface area contributed by atoms with Gasteiger partial charge in [-0.05, 0) is 81.4 Å². The highest BCUT2D eigenvalue weighted by atomic mass is 15.1. The molecule has 8 aromatic carbocycles. The van der Waals surface area contributed by atoms with Gasteiger partial charge in [-0.15, -0.1) is 0 Å². The number of hydrogen-bond acceptors (Lipinski definition) is 1. The van der Waals surface area contributed by atoms with E-state index in [2.05, 4.69) is 219 Å². The van der Waals surface area contributed by atoms with Crippen LogP contribution in [-0.2, 0) is 10.8 Å². The van der Waals surface area contributed by atoms with Crippen molar-refractivity contribution < 1.29 is 0 Å². The SMILES string of the molecule is CC1(C)c2ccccc2-c2ccc(N(c3ccccc3-c3cccc4c5ccccc5n(-c5ccccc5)c34)c3cccc4c3-c3ccccc3C4(C)C)cc21. The van der Waals surface area contributed by atoms with Gasteiger partial charge in [-0.2, -0.15) is 0 Å². The molecule has 2 aliphatic carbocycles. The van der Waals surface area contributed by atoms with Crippen LogP contribution in [0.25, 0.3) is 60.9 Å². The van der Waals surface area contributed by atoms with Crippen LogP contribution >= 0.6 is 0 Å². The molecule has 0 atom stereocenters. The van der Waals surface area contributed by atoms with E-state index in [1.54, 1.807) is 0 Å². The Labute approximate surface area is 328 Å². The van der Waals surface area contributed by atoms with Gasteiger partial charge in [0.1, 0.15) is 0 Å². The molecule has 0 aliphatic heterocycles. The molecule has 0 saturated heterocycles. The Hall–Kier alpha value is -6.64. The molecule has 1 heterocycles. The normalized spacial score (nSPS) is 14.4. The fourth-order valence-corrected chi connectivity index (χ4v) is 10.1. The predicted molar refractivity (Wildman–Crippen MR) is 236 cm³/mol. The summed E-state index contributed by atoms with van der Waals surface area (Å²) in [6, 6.07) is 67.6. The average Bonchev–Trinajstić information content (AvgIpc) is 3.79. The first-order valence-electron chi connectivity index (χ1n) is 19.8. The Morgan fingerprint density at radius 2 is 0.946 bits per heavy atom. The molecule has 268 valence electrons. The quantitative estimate of drug-likeness (QED) is 0.172. The van der Waals surface area contributed by atoms with Gasteiger partial charge in [0.25, 0.3) is 0 Å². The third kappa shape index (κ3) is 4.50. The molecule has 1 aromatic heterocycles. The van der Waals surface area contributed by atoms with E-state index in [0.717, 1.165) is 17.1 Å². The molecular weight excluding hydrogens is 677 g/mol. The second-order valence-corrected chi connectivity index (χ2v) is 16.5. The molecule has 0 radical (unpaired) electrons. The topological polar surface area (TPSA) is 8.17 Å². The van der Waals surface area contributed by atoms with Crippen LogP contribution in [0.15, 0.2) is 182 Å². The van der Waals surface area contributed by atoms with Gasteiger partial charge in [-0.1, -0.05) is 167 Å². The fourth-order valence-electron chi connectivity index (χ4n) is 10.1. The van der Waals surface area contributed by atoms with E-state index in [1.165, 1.54) is 83.1 Å². The summed E-state index contributed by atoms with van der Waals surface area (Å²) >= 11 is 0. The van der Waals surface area contributed by atoms with Gasteiger partial charge in [0, 0.05) is 49.7 Å². The van der Waals surface area contributed by atoms with E-state index in [-0.39, 0.29) is 10.8 Å². The molecule has 2 heteroatoms. The number of aromatic nitrogens is 1. The maximum atomic E-state index is 2.56. The van der Waals surface area contributed by atoms with Gasteiger partial charge in [0.15, 0.2) is 0 Å². The fraction of sp³-hybridized carbons (Fsp3) is 0.111. The van der Waals surface area contributed by atoms with Crippen molar-refractivity contribution in [2.75, 3.05) is 4.90 Å². The van der Waals surface area contributed by atoms with E-state index in [9.17, 15) is 0 Å². The summed E-state index contributed by atoms with van der Waals surface area (Å²) in [6.45, 7) is 9.50. The van der Waals surface area contributed by atoms with Crippen molar-refractivity contribution >= 4 is 38.9 Å². The van der Waals surface area contributed by atoms with Crippen LogP contribution in [0.2, 0.25) is 0 Å². The highest BCUT2D eigenvalue weighted by molar-refractivity contribution is 6.15. The highest BCUT2D eigenvalue weighted by Gasteiger charge is 2.39. The first-order valence-corrected chi connectivity index (χ1v) is 19.8. The van der Waals surface area contributed by atoms with Crippen LogP contribution < -0.4 is 4.90 Å². The van der Waals surface area contributed by atoms with Crippen molar-refractivity contribution in [1.29, 1.82) is 0 Å². The zero-order chi connectivity index (χ0) is 37.8. The molecule has 0 saturated carbocycles. The van der Waals surface area contributed by atoms with Gasteiger partial charge in [-0.3, -0.25) is 0 Å². The van der Waals surface area contributed by atoms with Gasteiger partial charge in [-0.25, -0.2) is 0 Å². The molecule has 2 aliphatic rings. The third-order valence-corrected chi connectivity index (χ3v) is 12.8. The van der Waals surface area contributed by atoms with Crippen molar-refractivity contribution in [2.24, 2.45) is 0 Å². The Kier molecular flexibility index (Phi) is 6.98. The maximum absolute atomic E-state index is 2.56. The van der Waals surface area contributed by atoms with Crippen LogP contribution in [0.3, 0.4) is 0 Å². The first kappa shape index (κ1) is 32.8. The number of fused-ring (bicyclic) bond motifs is 9. The lowest BCUT2D eigenvalue weighted by molar-refractivity contribution is 0.660. The Morgan fingerprint density at radius 1 is 0.393 bits per heavy atom. The van der Waals surface area contributed by atoms with Gasteiger partial charge >= 0.3 is 0 Å². The summed E-state index contributed by atoms with van der Waals surface area (Å²) in [5, 5.41) is 2.50. The molecule has 56 heavy (non-hydrogen) atoms.